The van der Waals surface area contributed by atoms with E-state index in [9.17, 15) is 9.90 Å². The first-order chi connectivity index (χ1) is 8.66. The van der Waals surface area contributed by atoms with E-state index in [1.165, 1.54) is 0 Å². The molecule has 5 heteroatoms. The van der Waals surface area contributed by atoms with Gasteiger partial charge < -0.3 is 19.9 Å². The van der Waals surface area contributed by atoms with Crippen molar-refractivity contribution >= 4 is 6.09 Å². The summed E-state index contributed by atoms with van der Waals surface area (Å²) in [5.74, 6) is 0. The average Bonchev–Trinajstić information content (AvgIpc) is 2.58. The Hall–Kier alpha value is -1.07. The summed E-state index contributed by atoms with van der Waals surface area (Å²) in [4.78, 5) is 11.8. The zero-order chi connectivity index (χ0) is 14.7. The number of hydrogen-bond donors (Lipinski definition) is 2. The molecule has 110 valence electrons. The molecule has 0 aromatic carbocycles. The van der Waals surface area contributed by atoms with Gasteiger partial charge in [0.15, 0.2) is 0 Å². The third-order valence-corrected chi connectivity index (χ3v) is 2.75. The highest BCUT2D eigenvalue weighted by Crippen LogP contribution is 2.26. The minimum Gasteiger partial charge on any atom is -0.444 e. The molecule has 1 fully saturated rings. The van der Waals surface area contributed by atoms with Crippen LogP contribution in [0.5, 0.6) is 0 Å². The maximum atomic E-state index is 11.8. The minimum absolute atomic E-state index is 0.0768. The molecule has 1 aliphatic rings. The molecule has 1 heterocycles. The second-order valence-corrected chi connectivity index (χ2v) is 6.36. The van der Waals surface area contributed by atoms with E-state index >= 15 is 0 Å². The lowest BCUT2D eigenvalue weighted by Crippen LogP contribution is -2.53. The number of aliphatic hydroxyl groups is 1. The number of rotatable bonds is 3. The summed E-state index contributed by atoms with van der Waals surface area (Å²) in [5.41, 5.74) is -0.158. The number of aliphatic hydroxyl groups excluding tert-OH is 1. The van der Waals surface area contributed by atoms with Crippen molar-refractivity contribution in [2.24, 2.45) is 0 Å². The summed E-state index contributed by atoms with van der Waals surface area (Å²) >= 11 is 0. The van der Waals surface area contributed by atoms with Crippen molar-refractivity contribution in [1.82, 2.24) is 5.32 Å². The zero-order valence-electron chi connectivity index (χ0n) is 12.4. The van der Waals surface area contributed by atoms with Gasteiger partial charge in [0, 0.05) is 6.42 Å². The van der Waals surface area contributed by atoms with Gasteiger partial charge >= 0.3 is 6.09 Å². The number of ether oxygens (including phenoxy) is 2. The Kier molecular flexibility index (Phi) is 4.98. The molecule has 2 atom stereocenters. The lowest BCUT2D eigenvalue weighted by Gasteiger charge is -2.28. The van der Waals surface area contributed by atoms with Crippen molar-refractivity contribution < 1.29 is 19.4 Å². The number of hydrogen-bond acceptors (Lipinski definition) is 4. The standard InChI is InChI=1S/C14H25NO4/c1-10(2)6-11-7-14(8-16,9-18-11)15-12(17)19-13(3,4)5/h6,11,16H,7-9H2,1-5H3,(H,15,17)/t11-,14-/m1/s1. The van der Waals surface area contributed by atoms with Crippen molar-refractivity contribution in [1.29, 1.82) is 0 Å². The minimum atomic E-state index is -0.751. The Morgan fingerprint density at radius 3 is 2.63 bits per heavy atom. The van der Waals surface area contributed by atoms with E-state index in [-0.39, 0.29) is 19.3 Å². The number of amides is 1. The van der Waals surface area contributed by atoms with Gasteiger partial charge in [-0.25, -0.2) is 4.79 Å². The van der Waals surface area contributed by atoms with Gasteiger partial charge in [-0.1, -0.05) is 11.6 Å². The Bertz CT molecular complexity index is 355. The molecular weight excluding hydrogens is 246 g/mol. The number of allylic oxidation sites excluding steroid dienone is 1. The predicted octanol–water partition coefficient (Wildman–Crippen LogP) is 2.00. The van der Waals surface area contributed by atoms with E-state index < -0.39 is 17.2 Å². The van der Waals surface area contributed by atoms with Crippen molar-refractivity contribution in [3.63, 3.8) is 0 Å². The average molecular weight is 271 g/mol. The molecule has 0 spiro atoms. The lowest BCUT2D eigenvalue weighted by molar-refractivity contribution is 0.0370. The first-order valence-electron chi connectivity index (χ1n) is 6.54. The molecule has 1 aliphatic heterocycles. The summed E-state index contributed by atoms with van der Waals surface area (Å²) in [7, 11) is 0. The molecule has 1 rings (SSSR count). The molecule has 5 nitrogen and oxygen atoms in total. The Balaban J connectivity index is 2.64. The summed E-state index contributed by atoms with van der Waals surface area (Å²) < 4.78 is 10.8. The van der Waals surface area contributed by atoms with Crippen LogP contribution < -0.4 is 5.32 Å². The number of carbonyl (C=O) groups excluding carboxylic acids is 1. The van der Waals surface area contributed by atoms with Crippen LogP contribution in [0.15, 0.2) is 11.6 Å². The van der Waals surface area contributed by atoms with Crippen LogP contribution in [-0.2, 0) is 9.47 Å². The van der Waals surface area contributed by atoms with Gasteiger partial charge in [0.25, 0.3) is 0 Å². The molecule has 0 aromatic heterocycles. The summed E-state index contributed by atoms with van der Waals surface area (Å²) in [6, 6.07) is 0. The Labute approximate surface area is 115 Å². The van der Waals surface area contributed by atoms with E-state index in [4.69, 9.17) is 9.47 Å². The molecule has 0 aliphatic carbocycles. The molecule has 0 saturated carbocycles. The second-order valence-electron chi connectivity index (χ2n) is 6.36. The van der Waals surface area contributed by atoms with Gasteiger partial charge in [0.2, 0.25) is 0 Å². The van der Waals surface area contributed by atoms with Crippen LogP contribution in [0.1, 0.15) is 41.0 Å². The summed E-state index contributed by atoms with van der Waals surface area (Å²) in [6.45, 7) is 9.50. The van der Waals surface area contributed by atoms with E-state index in [1.807, 2.05) is 19.9 Å². The van der Waals surface area contributed by atoms with Crippen molar-refractivity contribution in [3.8, 4) is 0 Å². The van der Waals surface area contributed by atoms with Gasteiger partial charge in [-0.15, -0.1) is 0 Å². The number of alkyl carbamates (subject to hydrolysis) is 1. The monoisotopic (exact) mass is 271 g/mol. The van der Waals surface area contributed by atoms with Crippen LogP contribution in [-0.4, -0.2) is 41.7 Å². The van der Waals surface area contributed by atoms with Crippen molar-refractivity contribution in [2.45, 2.75) is 58.3 Å². The van der Waals surface area contributed by atoms with Gasteiger partial charge in [-0.05, 0) is 34.6 Å². The molecule has 2 N–H and O–H groups in total. The van der Waals surface area contributed by atoms with Crippen LogP contribution >= 0.6 is 0 Å². The third-order valence-electron chi connectivity index (χ3n) is 2.75. The van der Waals surface area contributed by atoms with Crippen molar-refractivity contribution in [2.75, 3.05) is 13.2 Å². The summed E-state index contributed by atoms with van der Waals surface area (Å²) in [6.07, 6.45) is 1.94. The van der Waals surface area contributed by atoms with Crippen molar-refractivity contribution in [3.05, 3.63) is 11.6 Å². The van der Waals surface area contributed by atoms with E-state index in [1.54, 1.807) is 20.8 Å². The maximum absolute atomic E-state index is 11.8. The predicted molar refractivity (Wildman–Crippen MR) is 73.0 cm³/mol. The third kappa shape index (κ3) is 5.20. The quantitative estimate of drug-likeness (QED) is 0.770. The van der Waals surface area contributed by atoms with Gasteiger partial charge in [-0.3, -0.25) is 0 Å². The molecule has 0 bridgehead atoms. The van der Waals surface area contributed by atoms with Crippen LogP contribution in [0, 0.1) is 0 Å². The fourth-order valence-corrected chi connectivity index (χ4v) is 2.01. The van der Waals surface area contributed by atoms with Crippen LogP contribution in [0.3, 0.4) is 0 Å². The smallest absolute Gasteiger partial charge is 0.408 e. The largest absolute Gasteiger partial charge is 0.444 e. The second kappa shape index (κ2) is 5.92. The summed E-state index contributed by atoms with van der Waals surface area (Å²) in [5, 5.41) is 12.3. The van der Waals surface area contributed by atoms with E-state index in [0.717, 1.165) is 5.57 Å². The van der Waals surface area contributed by atoms with Gasteiger partial charge in [0.05, 0.1) is 24.9 Å². The fraction of sp³-hybridized carbons (Fsp3) is 0.786. The number of nitrogens with one attached hydrogen (secondary N) is 1. The first-order valence-corrected chi connectivity index (χ1v) is 6.54. The number of carbonyl (C=O) groups is 1. The molecular formula is C14H25NO4. The SMILES string of the molecule is CC(C)=C[C@@H]1C[C@](CO)(NC(=O)OC(C)(C)C)CO1. The molecule has 0 radical (unpaired) electrons. The highest BCUT2D eigenvalue weighted by atomic mass is 16.6. The molecule has 1 amide bonds. The molecule has 0 aromatic rings. The lowest BCUT2D eigenvalue weighted by atomic mass is 9.96. The Morgan fingerprint density at radius 2 is 2.16 bits per heavy atom. The van der Waals surface area contributed by atoms with Gasteiger partial charge in [0.1, 0.15) is 5.60 Å². The highest BCUT2D eigenvalue weighted by Gasteiger charge is 2.41. The molecule has 19 heavy (non-hydrogen) atoms. The fourth-order valence-electron chi connectivity index (χ4n) is 2.01. The highest BCUT2D eigenvalue weighted by molar-refractivity contribution is 5.69. The Morgan fingerprint density at radius 1 is 1.53 bits per heavy atom. The topological polar surface area (TPSA) is 67.8 Å². The maximum Gasteiger partial charge on any atom is 0.408 e. The van der Waals surface area contributed by atoms with Crippen LogP contribution in [0.2, 0.25) is 0 Å². The van der Waals surface area contributed by atoms with Crippen LogP contribution in [0.4, 0.5) is 4.79 Å². The van der Waals surface area contributed by atoms with Gasteiger partial charge in [-0.2, -0.15) is 0 Å². The van der Waals surface area contributed by atoms with E-state index in [2.05, 4.69) is 5.32 Å². The molecule has 1 saturated heterocycles. The van der Waals surface area contributed by atoms with Crippen LogP contribution in [0.25, 0.3) is 0 Å². The first kappa shape index (κ1) is 16.0. The van der Waals surface area contributed by atoms with E-state index in [0.29, 0.717) is 6.42 Å². The zero-order valence-corrected chi connectivity index (χ0v) is 12.4. The molecule has 0 unspecified atom stereocenters. The normalized spacial score (nSPS) is 26.9.